The number of nitriles is 1. The predicted molar refractivity (Wildman–Crippen MR) is 59.1 cm³/mol. The van der Waals surface area contributed by atoms with Crippen LogP contribution in [0.2, 0.25) is 0 Å². The number of unbranched alkanes of at least 4 members (excludes halogenated alkanes) is 1. The SMILES string of the molecule is C=CCCCNc1ccc(C#N)cc1. The van der Waals surface area contributed by atoms with Crippen molar-refractivity contribution in [3.05, 3.63) is 42.5 Å². The van der Waals surface area contributed by atoms with Crippen molar-refractivity contribution >= 4 is 5.69 Å². The second-order valence-corrected chi connectivity index (χ2v) is 3.05. The molecule has 0 atom stereocenters. The number of hydrogen-bond acceptors (Lipinski definition) is 2. The number of rotatable bonds is 5. The quantitative estimate of drug-likeness (QED) is 0.567. The maximum Gasteiger partial charge on any atom is 0.0991 e. The highest BCUT2D eigenvalue weighted by atomic mass is 14.9. The van der Waals surface area contributed by atoms with Gasteiger partial charge in [-0.1, -0.05) is 6.08 Å². The molecule has 0 aliphatic carbocycles. The van der Waals surface area contributed by atoms with Crippen molar-refractivity contribution in [1.82, 2.24) is 0 Å². The van der Waals surface area contributed by atoms with Gasteiger partial charge in [0.1, 0.15) is 0 Å². The third-order valence-electron chi connectivity index (χ3n) is 1.93. The first kappa shape index (κ1) is 10.3. The number of anilines is 1. The van der Waals surface area contributed by atoms with Gasteiger partial charge in [-0.15, -0.1) is 6.58 Å². The fourth-order valence-electron chi connectivity index (χ4n) is 1.14. The van der Waals surface area contributed by atoms with Gasteiger partial charge in [0.15, 0.2) is 0 Å². The molecule has 14 heavy (non-hydrogen) atoms. The maximum atomic E-state index is 8.59. The van der Waals surface area contributed by atoms with E-state index < -0.39 is 0 Å². The molecule has 0 bridgehead atoms. The lowest BCUT2D eigenvalue weighted by Crippen LogP contribution is -2.00. The van der Waals surface area contributed by atoms with Crippen LogP contribution in [-0.4, -0.2) is 6.54 Å². The number of allylic oxidation sites excluding steroid dienone is 1. The highest BCUT2D eigenvalue weighted by Gasteiger charge is 1.91. The minimum absolute atomic E-state index is 0.696. The molecule has 1 N–H and O–H groups in total. The van der Waals surface area contributed by atoms with Gasteiger partial charge in [0.25, 0.3) is 0 Å². The van der Waals surface area contributed by atoms with Gasteiger partial charge in [-0.2, -0.15) is 5.26 Å². The lowest BCUT2D eigenvalue weighted by atomic mass is 10.2. The molecule has 1 rings (SSSR count). The number of nitrogens with one attached hydrogen (secondary N) is 1. The van der Waals surface area contributed by atoms with Gasteiger partial charge in [-0.25, -0.2) is 0 Å². The van der Waals surface area contributed by atoms with E-state index in [1.807, 2.05) is 30.3 Å². The molecule has 1 aromatic carbocycles. The molecule has 0 aromatic heterocycles. The lowest BCUT2D eigenvalue weighted by Gasteiger charge is -2.04. The monoisotopic (exact) mass is 186 g/mol. The van der Waals surface area contributed by atoms with Crippen molar-refractivity contribution in [3.8, 4) is 6.07 Å². The Bertz CT molecular complexity index is 319. The Morgan fingerprint density at radius 1 is 1.36 bits per heavy atom. The highest BCUT2D eigenvalue weighted by molar-refractivity contribution is 5.46. The molecule has 2 nitrogen and oxygen atoms in total. The zero-order chi connectivity index (χ0) is 10.2. The van der Waals surface area contributed by atoms with Crippen LogP contribution < -0.4 is 5.32 Å². The zero-order valence-electron chi connectivity index (χ0n) is 8.16. The molecular weight excluding hydrogens is 172 g/mol. The average Bonchev–Trinajstić information content (AvgIpc) is 2.25. The summed E-state index contributed by atoms with van der Waals surface area (Å²) in [6, 6.07) is 9.57. The Morgan fingerprint density at radius 3 is 2.64 bits per heavy atom. The summed E-state index contributed by atoms with van der Waals surface area (Å²) >= 11 is 0. The largest absolute Gasteiger partial charge is 0.385 e. The first-order valence-corrected chi connectivity index (χ1v) is 4.72. The Morgan fingerprint density at radius 2 is 2.07 bits per heavy atom. The van der Waals surface area contributed by atoms with Gasteiger partial charge in [0, 0.05) is 12.2 Å². The smallest absolute Gasteiger partial charge is 0.0991 e. The molecule has 0 aliphatic heterocycles. The molecule has 0 unspecified atom stereocenters. The number of hydrogen-bond donors (Lipinski definition) is 1. The molecule has 0 saturated heterocycles. The van der Waals surface area contributed by atoms with Crippen molar-refractivity contribution in [3.63, 3.8) is 0 Å². The molecule has 72 valence electrons. The van der Waals surface area contributed by atoms with Crippen LogP contribution in [0.15, 0.2) is 36.9 Å². The second-order valence-electron chi connectivity index (χ2n) is 3.05. The van der Waals surface area contributed by atoms with Crippen LogP contribution in [0.4, 0.5) is 5.69 Å². The summed E-state index contributed by atoms with van der Waals surface area (Å²) in [5.74, 6) is 0. The summed E-state index contributed by atoms with van der Waals surface area (Å²) in [5.41, 5.74) is 1.76. The number of nitrogens with zero attached hydrogens (tertiary/aromatic N) is 1. The molecular formula is C12H14N2. The molecule has 0 fully saturated rings. The van der Waals surface area contributed by atoms with E-state index in [-0.39, 0.29) is 0 Å². The first-order valence-electron chi connectivity index (χ1n) is 4.72. The third-order valence-corrected chi connectivity index (χ3v) is 1.93. The van der Waals surface area contributed by atoms with Gasteiger partial charge in [0.2, 0.25) is 0 Å². The molecule has 2 heteroatoms. The fourth-order valence-corrected chi connectivity index (χ4v) is 1.14. The molecule has 0 radical (unpaired) electrons. The average molecular weight is 186 g/mol. The van der Waals surface area contributed by atoms with Crippen LogP contribution in [0.3, 0.4) is 0 Å². The first-order chi connectivity index (χ1) is 6.86. The van der Waals surface area contributed by atoms with E-state index in [0.717, 1.165) is 25.1 Å². The van der Waals surface area contributed by atoms with E-state index in [0.29, 0.717) is 5.56 Å². The van der Waals surface area contributed by atoms with Gasteiger partial charge < -0.3 is 5.32 Å². The standard InChI is InChI=1S/C12H14N2/c1-2-3-4-9-14-12-7-5-11(10-13)6-8-12/h2,5-8,14H,1,3-4,9H2. The molecule has 0 saturated carbocycles. The third kappa shape index (κ3) is 3.32. The summed E-state index contributed by atoms with van der Waals surface area (Å²) < 4.78 is 0. The van der Waals surface area contributed by atoms with E-state index in [1.54, 1.807) is 0 Å². The van der Waals surface area contributed by atoms with E-state index in [4.69, 9.17) is 5.26 Å². The van der Waals surface area contributed by atoms with E-state index in [1.165, 1.54) is 0 Å². The summed E-state index contributed by atoms with van der Waals surface area (Å²) in [4.78, 5) is 0. The maximum absolute atomic E-state index is 8.59. The van der Waals surface area contributed by atoms with Crippen molar-refractivity contribution in [2.75, 3.05) is 11.9 Å². The van der Waals surface area contributed by atoms with Crippen LogP contribution in [-0.2, 0) is 0 Å². The van der Waals surface area contributed by atoms with Gasteiger partial charge in [-0.3, -0.25) is 0 Å². The minimum atomic E-state index is 0.696. The van der Waals surface area contributed by atoms with Crippen molar-refractivity contribution in [1.29, 1.82) is 5.26 Å². The lowest BCUT2D eigenvalue weighted by molar-refractivity contribution is 0.891. The fraction of sp³-hybridized carbons (Fsp3) is 0.250. The van der Waals surface area contributed by atoms with E-state index in [2.05, 4.69) is 18.0 Å². The topological polar surface area (TPSA) is 35.8 Å². The Labute approximate surface area is 84.9 Å². The minimum Gasteiger partial charge on any atom is -0.385 e. The molecule has 0 aliphatic rings. The zero-order valence-corrected chi connectivity index (χ0v) is 8.16. The second kappa shape index (κ2) is 5.82. The Kier molecular flexibility index (Phi) is 4.30. The highest BCUT2D eigenvalue weighted by Crippen LogP contribution is 2.08. The molecule has 0 amide bonds. The summed E-state index contributed by atoms with van der Waals surface area (Å²) in [7, 11) is 0. The molecule has 1 aromatic rings. The van der Waals surface area contributed by atoms with E-state index in [9.17, 15) is 0 Å². The normalized spacial score (nSPS) is 9.07. The van der Waals surface area contributed by atoms with Crippen LogP contribution in [0, 0.1) is 11.3 Å². The summed E-state index contributed by atoms with van der Waals surface area (Å²) in [6.07, 6.45) is 4.03. The Hall–Kier alpha value is -1.75. The predicted octanol–water partition coefficient (Wildman–Crippen LogP) is 2.94. The molecule has 0 spiro atoms. The Balaban J connectivity index is 2.37. The number of benzene rings is 1. The van der Waals surface area contributed by atoms with Crippen LogP contribution in [0.5, 0.6) is 0 Å². The van der Waals surface area contributed by atoms with Crippen molar-refractivity contribution < 1.29 is 0 Å². The summed E-state index contributed by atoms with van der Waals surface area (Å²) in [5, 5.41) is 11.9. The van der Waals surface area contributed by atoms with Crippen molar-refractivity contribution in [2.24, 2.45) is 0 Å². The van der Waals surface area contributed by atoms with Gasteiger partial charge in [-0.05, 0) is 37.1 Å². The van der Waals surface area contributed by atoms with E-state index >= 15 is 0 Å². The molecule has 0 heterocycles. The van der Waals surface area contributed by atoms with Crippen LogP contribution >= 0.6 is 0 Å². The summed E-state index contributed by atoms with van der Waals surface area (Å²) in [6.45, 7) is 4.61. The van der Waals surface area contributed by atoms with Crippen LogP contribution in [0.1, 0.15) is 18.4 Å². The van der Waals surface area contributed by atoms with Crippen molar-refractivity contribution in [2.45, 2.75) is 12.8 Å². The van der Waals surface area contributed by atoms with Gasteiger partial charge >= 0.3 is 0 Å². The van der Waals surface area contributed by atoms with Gasteiger partial charge in [0.05, 0.1) is 11.6 Å². The van der Waals surface area contributed by atoms with Crippen LogP contribution in [0.25, 0.3) is 0 Å².